The molecule has 36 heavy (non-hydrogen) atoms. The van der Waals surface area contributed by atoms with E-state index < -0.39 is 11.6 Å². The fraction of sp³-hybridized carbons (Fsp3) is 0.448. The number of nitrogens with one attached hydrogen (secondary N) is 4. The third kappa shape index (κ3) is 6.13. The van der Waals surface area contributed by atoms with Gasteiger partial charge >= 0.3 is 0 Å². The zero-order valence-electron chi connectivity index (χ0n) is 21.2. The number of aromatic amines is 1. The van der Waals surface area contributed by atoms with Crippen molar-refractivity contribution >= 4 is 22.7 Å². The standard InChI is InChI=1S/C29H37FN4O2/c1-20(2)26(27(35)33-18-21-10-12-23(30)13-11-21)34-29(15-6-3-7-16-29)28(36)31-17-14-22-19-32-25-9-5-4-8-24(22)25/h4-5,8-13,19-20,26,32,34H,3,6-7,14-18H2,1-2H3,(H,31,36)(H,33,35). The van der Waals surface area contributed by atoms with Crippen LogP contribution >= 0.6 is 0 Å². The van der Waals surface area contributed by atoms with E-state index in [0.717, 1.165) is 36.8 Å². The van der Waals surface area contributed by atoms with Gasteiger partial charge in [-0.05, 0) is 54.5 Å². The predicted molar refractivity (Wildman–Crippen MR) is 141 cm³/mol. The van der Waals surface area contributed by atoms with Crippen molar-refractivity contribution in [2.45, 2.75) is 70.5 Å². The number of fused-ring (bicyclic) bond motifs is 1. The van der Waals surface area contributed by atoms with E-state index in [-0.39, 0.29) is 23.5 Å². The van der Waals surface area contributed by atoms with Crippen LogP contribution in [0.2, 0.25) is 0 Å². The van der Waals surface area contributed by atoms with Gasteiger partial charge in [0.2, 0.25) is 11.8 Å². The maximum absolute atomic E-state index is 13.6. The van der Waals surface area contributed by atoms with Crippen LogP contribution in [0.3, 0.4) is 0 Å². The molecule has 1 unspecified atom stereocenters. The van der Waals surface area contributed by atoms with E-state index in [2.05, 4.69) is 27.0 Å². The van der Waals surface area contributed by atoms with Gasteiger partial charge in [0.15, 0.2) is 0 Å². The Hall–Kier alpha value is -3.19. The third-order valence-corrected chi connectivity index (χ3v) is 7.26. The summed E-state index contributed by atoms with van der Waals surface area (Å²) in [6, 6.07) is 13.7. The van der Waals surface area contributed by atoms with Crippen molar-refractivity contribution < 1.29 is 14.0 Å². The molecule has 1 aromatic heterocycles. The topological polar surface area (TPSA) is 86.0 Å². The molecular formula is C29H37FN4O2. The molecule has 192 valence electrons. The first-order valence-corrected chi connectivity index (χ1v) is 13.0. The Morgan fingerprint density at radius 1 is 1.00 bits per heavy atom. The van der Waals surface area contributed by atoms with Gasteiger partial charge in [-0.1, -0.05) is 63.4 Å². The van der Waals surface area contributed by atoms with Crippen molar-refractivity contribution in [1.29, 1.82) is 0 Å². The molecule has 3 aromatic rings. The quantitative estimate of drug-likeness (QED) is 0.334. The molecule has 1 aliphatic rings. The summed E-state index contributed by atoms with van der Waals surface area (Å²) in [6.07, 6.45) is 7.15. The fourth-order valence-electron chi connectivity index (χ4n) is 5.14. The molecule has 7 heteroatoms. The second-order valence-corrected chi connectivity index (χ2v) is 10.2. The zero-order chi connectivity index (χ0) is 25.5. The van der Waals surface area contributed by atoms with E-state index in [1.54, 1.807) is 12.1 Å². The molecule has 1 atom stereocenters. The number of para-hydroxylation sites is 1. The van der Waals surface area contributed by atoms with Crippen molar-refractivity contribution in [3.63, 3.8) is 0 Å². The van der Waals surface area contributed by atoms with E-state index in [1.165, 1.54) is 23.1 Å². The van der Waals surface area contributed by atoms with Crippen LogP contribution in [0.25, 0.3) is 10.9 Å². The highest BCUT2D eigenvalue weighted by atomic mass is 19.1. The van der Waals surface area contributed by atoms with Crippen molar-refractivity contribution in [3.8, 4) is 0 Å². The summed E-state index contributed by atoms with van der Waals surface area (Å²) in [5.74, 6) is -0.484. The highest BCUT2D eigenvalue weighted by Gasteiger charge is 2.42. The van der Waals surface area contributed by atoms with E-state index in [9.17, 15) is 14.0 Å². The molecule has 1 saturated carbocycles. The van der Waals surface area contributed by atoms with Gasteiger partial charge < -0.3 is 15.6 Å². The van der Waals surface area contributed by atoms with Crippen LogP contribution in [-0.2, 0) is 22.6 Å². The number of halogens is 1. The molecule has 0 bridgehead atoms. The Morgan fingerprint density at radius 2 is 1.72 bits per heavy atom. The van der Waals surface area contributed by atoms with E-state index in [1.807, 2.05) is 38.2 Å². The first-order valence-electron chi connectivity index (χ1n) is 13.0. The summed E-state index contributed by atoms with van der Waals surface area (Å²) in [6.45, 7) is 4.82. The van der Waals surface area contributed by atoms with Gasteiger partial charge in [0, 0.05) is 30.2 Å². The van der Waals surface area contributed by atoms with Crippen LogP contribution in [-0.4, -0.2) is 34.9 Å². The number of benzene rings is 2. The van der Waals surface area contributed by atoms with E-state index in [0.29, 0.717) is 25.9 Å². The average Bonchev–Trinajstić information content (AvgIpc) is 3.30. The summed E-state index contributed by atoms with van der Waals surface area (Å²) < 4.78 is 13.2. The Labute approximate surface area is 212 Å². The van der Waals surface area contributed by atoms with Crippen LogP contribution in [0, 0.1) is 11.7 Å². The van der Waals surface area contributed by atoms with Gasteiger partial charge in [-0.15, -0.1) is 0 Å². The van der Waals surface area contributed by atoms with E-state index >= 15 is 0 Å². The lowest BCUT2D eigenvalue weighted by molar-refractivity contribution is -0.131. The number of hydrogen-bond acceptors (Lipinski definition) is 3. The molecule has 0 aliphatic heterocycles. The molecule has 0 radical (unpaired) electrons. The Kier molecular flexibility index (Phi) is 8.41. The lowest BCUT2D eigenvalue weighted by Gasteiger charge is -2.40. The highest BCUT2D eigenvalue weighted by Crippen LogP contribution is 2.30. The number of H-pyrrole nitrogens is 1. The summed E-state index contributed by atoms with van der Waals surface area (Å²) in [5, 5.41) is 10.8. The molecule has 6 nitrogen and oxygen atoms in total. The van der Waals surface area contributed by atoms with Crippen molar-refractivity contribution in [2.24, 2.45) is 5.92 Å². The highest BCUT2D eigenvalue weighted by molar-refractivity contribution is 5.89. The van der Waals surface area contributed by atoms with Crippen LogP contribution in [0.5, 0.6) is 0 Å². The molecule has 2 aromatic carbocycles. The molecule has 4 N–H and O–H groups in total. The number of amides is 2. The van der Waals surface area contributed by atoms with Crippen LogP contribution in [0.4, 0.5) is 4.39 Å². The normalized spacial score (nSPS) is 16.1. The molecular weight excluding hydrogens is 455 g/mol. The lowest BCUT2D eigenvalue weighted by Crippen LogP contribution is -2.64. The zero-order valence-corrected chi connectivity index (χ0v) is 21.2. The largest absolute Gasteiger partial charge is 0.361 e. The van der Waals surface area contributed by atoms with Crippen LogP contribution in [0.1, 0.15) is 57.1 Å². The Balaban J connectivity index is 1.40. The first-order chi connectivity index (χ1) is 17.4. The SMILES string of the molecule is CC(C)C(NC1(C(=O)NCCc2c[nH]c3ccccc23)CCCCC1)C(=O)NCc1ccc(F)cc1. The van der Waals surface area contributed by atoms with Gasteiger partial charge in [-0.2, -0.15) is 0 Å². The summed E-state index contributed by atoms with van der Waals surface area (Å²) in [7, 11) is 0. The summed E-state index contributed by atoms with van der Waals surface area (Å²) in [4.78, 5) is 30.0. The minimum Gasteiger partial charge on any atom is -0.361 e. The van der Waals surface area contributed by atoms with Crippen molar-refractivity contribution in [1.82, 2.24) is 20.9 Å². The molecule has 1 heterocycles. The number of rotatable bonds is 10. The number of aromatic nitrogens is 1. The smallest absolute Gasteiger partial charge is 0.240 e. The van der Waals surface area contributed by atoms with Crippen molar-refractivity contribution in [2.75, 3.05) is 6.54 Å². The molecule has 1 aliphatic carbocycles. The fourth-order valence-corrected chi connectivity index (χ4v) is 5.14. The average molecular weight is 493 g/mol. The Morgan fingerprint density at radius 3 is 2.44 bits per heavy atom. The number of hydrogen-bond donors (Lipinski definition) is 4. The predicted octanol–water partition coefficient (Wildman–Crippen LogP) is 4.60. The second-order valence-electron chi connectivity index (χ2n) is 10.2. The molecule has 4 rings (SSSR count). The number of carbonyl (C=O) groups is 2. The lowest BCUT2D eigenvalue weighted by atomic mass is 9.79. The van der Waals surface area contributed by atoms with Crippen LogP contribution < -0.4 is 16.0 Å². The van der Waals surface area contributed by atoms with Gasteiger partial charge in [0.05, 0.1) is 11.6 Å². The molecule has 0 spiro atoms. The number of carbonyl (C=O) groups excluding carboxylic acids is 2. The van der Waals surface area contributed by atoms with Gasteiger partial charge in [0.25, 0.3) is 0 Å². The maximum Gasteiger partial charge on any atom is 0.240 e. The minimum atomic E-state index is -0.763. The van der Waals surface area contributed by atoms with Crippen LogP contribution in [0.15, 0.2) is 54.7 Å². The minimum absolute atomic E-state index is 0.00367. The second kappa shape index (κ2) is 11.7. The summed E-state index contributed by atoms with van der Waals surface area (Å²) in [5.41, 5.74) is 2.34. The Bertz CT molecular complexity index is 1170. The third-order valence-electron chi connectivity index (χ3n) is 7.26. The maximum atomic E-state index is 13.6. The molecule has 0 saturated heterocycles. The van der Waals surface area contributed by atoms with Gasteiger partial charge in [0.1, 0.15) is 5.82 Å². The van der Waals surface area contributed by atoms with Crippen molar-refractivity contribution in [3.05, 3.63) is 71.7 Å². The van der Waals surface area contributed by atoms with E-state index in [4.69, 9.17) is 0 Å². The van der Waals surface area contributed by atoms with Gasteiger partial charge in [-0.3, -0.25) is 14.9 Å². The summed E-state index contributed by atoms with van der Waals surface area (Å²) >= 11 is 0. The molecule has 2 amide bonds. The monoisotopic (exact) mass is 492 g/mol. The first kappa shape index (κ1) is 25.9. The van der Waals surface area contributed by atoms with Gasteiger partial charge in [-0.25, -0.2) is 4.39 Å². The molecule has 1 fully saturated rings.